The smallest absolute Gasteiger partial charge is 0.274 e. The molecule has 0 saturated carbocycles. The molecular formula is C24H28N2O5S2. The van der Waals surface area contributed by atoms with Gasteiger partial charge >= 0.3 is 0 Å². The maximum Gasteiger partial charge on any atom is 0.274 e. The fraction of sp³-hybridized carbons (Fsp3) is 0.417. The Kier molecular flexibility index (Phi) is 7.19. The van der Waals surface area contributed by atoms with Crippen LogP contribution in [0.5, 0.6) is 10.9 Å². The number of carbonyl (C=O) groups excluding carboxylic acids is 1. The number of ether oxygens (including phenoxy) is 2. The van der Waals surface area contributed by atoms with Gasteiger partial charge in [-0.1, -0.05) is 23.5 Å². The molecule has 2 heterocycles. The van der Waals surface area contributed by atoms with Crippen LogP contribution in [-0.2, 0) is 14.6 Å². The highest BCUT2D eigenvalue weighted by Crippen LogP contribution is 2.31. The predicted molar refractivity (Wildman–Crippen MR) is 129 cm³/mol. The largest absolute Gasteiger partial charge is 0.497 e. The van der Waals surface area contributed by atoms with Crippen LogP contribution >= 0.6 is 11.3 Å². The summed E-state index contributed by atoms with van der Waals surface area (Å²) in [5, 5.41) is 0.674. The van der Waals surface area contributed by atoms with Crippen LogP contribution in [0.2, 0.25) is 0 Å². The average Bonchev–Trinajstić information content (AvgIpc) is 3.23. The van der Waals surface area contributed by atoms with Gasteiger partial charge in [0.2, 0.25) is 5.91 Å². The normalized spacial score (nSPS) is 15.0. The van der Waals surface area contributed by atoms with Crippen LogP contribution < -0.4 is 9.47 Å². The number of piperidine rings is 1. The van der Waals surface area contributed by atoms with Gasteiger partial charge in [-0.2, -0.15) is 0 Å². The highest BCUT2D eigenvalue weighted by molar-refractivity contribution is 7.91. The summed E-state index contributed by atoms with van der Waals surface area (Å²) in [5.41, 5.74) is 2.11. The second-order valence-corrected chi connectivity index (χ2v) is 11.3. The van der Waals surface area contributed by atoms with Crippen LogP contribution in [0.3, 0.4) is 0 Å². The molecule has 4 rings (SSSR count). The number of nitrogens with zero attached hydrogens (tertiary/aromatic N) is 2. The number of fused-ring (bicyclic) bond motifs is 1. The molecular weight excluding hydrogens is 460 g/mol. The maximum absolute atomic E-state index is 12.6. The molecule has 0 radical (unpaired) electrons. The lowest BCUT2D eigenvalue weighted by Crippen LogP contribution is -2.41. The first kappa shape index (κ1) is 23.5. The van der Waals surface area contributed by atoms with Crippen LogP contribution in [0.25, 0.3) is 10.2 Å². The summed E-state index contributed by atoms with van der Waals surface area (Å²) in [5.74, 6) is 0.547. The maximum atomic E-state index is 12.6. The molecule has 0 spiro atoms. The van der Waals surface area contributed by atoms with Gasteiger partial charge in [0, 0.05) is 32.4 Å². The molecule has 1 fully saturated rings. The molecule has 0 N–H and O–H groups in total. The SMILES string of the molecule is COc1ccc(S(=O)(=O)CCCC(=O)N2CCC(Oc3nc4c(C)cccc4s3)CC2)cc1. The van der Waals surface area contributed by atoms with E-state index < -0.39 is 9.84 Å². The molecule has 1 aromatic heterocycles. The number of amides is 1. The van der Waals surface area contributed by atoms with Gasteiger partial charge in [0.05, 0.1) is 28.0 Å². The monoisotopic (exact) mass is 488 g/mol. The summed E-state index contributed by atoms with van der Waals surface area (Å²) < 4.78 is 37.3. The van der Waals surface area contributed by atoms with E-state index in [2.05, 4.69) is 4.98 Å². The van der Waals surface area contributed by atoms with Crippen LogP contribution in [0.1, 0.15) is 31.2 Å². The number of para-hydroxylation sites is 1. The second kappa shape index (κ2) is 10.1. The Labute approximate surface area is 198 Å². The Balaban J connectivity index is 1.23. The standard InChI is InChI=1S/C24H28N2O5S2/c1-17-5-3-6-21-23(17)25-24(32-21)31-19-12-14-26(15-13-19)22(27)7-4-16-33(28,29)20-10-8-18(30-2)9-11-20/h3,5-6,8-11,19H,4,7,12-16H2,1-2H3. The van der Waals surface area contributed by atoms with Gasteiger partial charge in [-0.3, -0.25) is 4.79 Å². The van der Waals surface area contributed by atoms with Crippen LogP contribution in [-0.4, -0.2) is 56.3 Å². The van der Waals surface area contributed by atoms with Gasteiger partial charge in [-0.15, -0.1) is 0 Å². The summed E-state index contributed by atoms with van der Waals surface area (Å²) in [6.45, 7) is 3.26. The summed E-state index contributed by atoms with van der Waals surface area (Å²) in [4.78, 5) is 19.3. The number of methoxy groups -OCH3 is 1. The van der Waals surface area contributed by atoms with E-state index in [1.807, 2.05) is 30.0 Å². The Morgan fingerprint density at radius 3 is 2.55 bits per heavy atom. The van der Waals surface area contributed by atoms with E-state index in [0.717, 1.165) is 28.6 Å². The van der Waals surface area contributed by atoms with Gasteiger partial charge < -0.3 is 14.4 Å². The van der Waals surface area contributed by atoms with Gasteiger partial charge in [0.25, 0.3) is 5.19 Å². The zero-order valence-corrected chi connectivity index (χ0v) is 20.5. The number of sulfone groups is 1. The van der Waals surface area contributed by atoms with Gasteiger partial charge in [0.15, 0.2) is 9.84 Å². The molecule has 9 heteroatoms. The van der Waals surface area contributed by atoms with Crippen molar-refractivity contribution in [2.24, 2.45) is 0 Å². The number of likely N-dealkylation sites (tertiary alicyclic amines) is 1. The average molecular weight is 489 g/mol. The molecule has 0 unspecified atom stereocenters. The molecule has 3 aromatic rings. The number of hydrogen-bond donors (Lipinski definition) is 0. The van der Waals surface area contributed by atoms with Crippen LogP contribution in [0, 0.1) is 6.92 Å². The van der Waals surface area contributed by atoms with E-state index in [4.69, 9.17) is 9.47 Å². The van der Waals surface area contributed by atoms with Crippen molar-refractivity contribution in [1.29, 1.82) is 0 Å². The van der Waals surface area contributed by atoms with E-state index in [0.29, 0.717) is 30.5 Å². The van der Waals surface area contributed by atoms with Crippen molar-refractivity contribution in [2.75, 3.05) is 26.0 Å². The molecule has 1 amide bonds. The van der Waals surface area contributed by atoms with Crippen molar-refractivity contribution in [1.82, 2.24) is 9.88 Å². The molecule has 1 saturated heterocycles. The van der Waals surface area contributed by atoms with Gasteiger partial charge in [-0.25, -0.2) is 13.4 Å². The number of aryl methyl sites for hydroxylation is 1. The third-order valence-corrected chi connectivity index (χ3v) is 8.61. The molecule has 0 bridgehead atoms. The minimum absolute atomic E-state index is 0.00556. The first-order valence-electron chi connectivity index (χ1n) is 11.0. The molecule has 0 atom stereocenters. The summed E-state index contributed by atoms with van der Waals surface area (Å²) in [6.07, 6.45) is 2.04. The predicted octanol–water partition coefficient (Wildman–Crippen LogP) is 4.24. The van der Waals surface area contributed by atoms with Crippen molar-refractivity contribution >= 4 is 37.3 Å². The van der Waals surface area contributed by atoms with E-state index in [1.165, 1.54) is 19.2 Å². The molecule has 1 aliphatic heterocycles. The van der Waals surface area contributed by atoms with Crippen molar-refractivity contribution in [3.63, 3.8) is 0 Å². The Morgan fingerprint density at radius 1 is 1.15 bits per heavy atom. The van der Waals surface area contributed by atoms with E-state index in [-0.39, 0.29) is 29.1 Å². The lowest BCUT2D eigenvalue weighted by molar-refractivity contribution is -0.133. The number of carbonyl (C=O) groups is 1. The van der Waals surface area contributed by atoms with E-state index >= 15 is 0 Å². The third kappa shape index (κ3) is 5.65. The molecule has 7 nitrogen and oxygen atoms in total. The van der Waals surface area contributed by atoms with E-state index in [9.17, 15) is 13.2 Å². The second-order valence-electron chi connectivity index (χ2n) is 8.20. The Bertz CT molecular complexity index is 1210. The molecule has 1 aliphatic rings. The number of benzene rings is 2. The van der Waals surface area contributed by atoms with Crippen molar-refractivity contribution in [2.45, 2.75) is 43.6 Å². The number of hydrogen-bond acceptors (Lipinski definition) is 7. The number of rotatable bonds is 8. The number of thiazole rings is 1. The molecule has 2 aromatic carbocycles. The van der Waals surface area contributed by atoms with E-state index in [1.54, 1.807) is 23.5 Å². The quantitative estimate of drug-likeness (QED) is 0.472. The number of aromatic nitrogens is 1. The zero-order valence-electron chi connectivity index (χ0n) is 18.8. The Hall–Kier alpha value is -2.65. The lowest BCUT2D eigenvalue weighted by Gasteiger charge is -2.31. The highest BCUT2D eigenvalue weighted by Gasteiger charge is 2.25. The first-order chi connectivity index (χ1) is 15.9. The fourth-order valence-electron chi connectivity index (χ4n) is 3.95. The van der Waals surface area contributed by atoms with Gasteiger partial charge in [-0.05, 0) is 49.2 Å². The van der Waals surface area contributed by atoms with Crippen molar-refractivity contribution < 1.29 is 22.7 Å². The summed E-state index contributed by atoms with van der Waals surface area (Å²) >= 11 is 1.55. The van der Waals surface area contributed by atoms with Gasteiger partial charge in [0.1, 0.15) is 11.9 Å². The van der Waals surface area contributed by atoms with Crippen LogP contribution in [0.4, 0.5) is 0 Å². The Morgan fingerprint density at radius 2 is 1.88 bits per heavy atom. The van der Waals surface area contributed by atoms with Crippen molar-refractivity contribution in [3.8, 4) is 10.9 Å². The summed E-state index contributed by atoms with van der Waals surface area (Å²) in [7, 11) is -1.89. The summed E-state index contributed by atoms with van der Waals surface area (Å²) in [6, 6.07) is 12.4. The minimum Gasteiger partial charge on any atom is -0.497 e. The zero-order chi connectivity index (χ0) is 23.4. The lowest BCUT2D eigenvalue weighted by atomic mass is 10.1. The topological polar surface area (TPSA) is 85.8 Å². The first-order valence-corrected chi connectivity index (χ1v) is 13.5. The minimum atomic E-state index is -3.42. The third-order valence-electron chi connectivity index (χ3n) is 5.89. The molecule has 0 aliphatic carbocycles. The van der Waals surface area contributed by atoms with Crippen LogP contribution in [0.15, 0.2) is 47.4 Å². The fourth-order valence-corrected chi connectivity index (χ4v) is 6.22. The van der Waals surface area contributed by atoms with Crippen molar-refractivity contribution in [3.05, 3.63) is 48.0 Å². The molecule has 33 heavy (non-hydrogen) atoms. The molecule has 176 valence electrons. The highest BCUT2D eigenvalue weighted by atomic mass is 32.2.